The Bertz CT molecular complexity index is 442. The zero-order chi connectivity index (χ0) is 9.90. The number of benzene rings is 1. The van der Waals surface area contributed by atoms with Crippen molar-refractivity contribution in [1.29, 1.82) is 0 Å². The van der Waals surface area contributed by atoms with E-state index in [4.69, 9.17) is 0 Å². The molecule has 0 bridgehead atoms. The first kappa shape index (κ1) is 14.7. The van der Waals surface area contributed by atoms with E-state index in [-0.39, 0.29) is 56.3 Å². The van der Waals surface area contributed by atoms with Crippen molar-refractivity contribution < 1.29 is 71.8 Å². The topological polar surface area (TPSA) is 77.5 Å². The smallest absolute Gasteiger partial charge is 0.396 e. The molecule has 0 N–H and O–H groups in total. The Balaban J connectivity index is 0.00000169. The Morgan fingerprint density at radius 2 is 1.57 bits per heavy atom. The fraction of sp³-hybridized carbons (Fsp3) is 0. The van der Waals surface area contributed by atoms with Crippen LogP contribution in [-0.2, 0) is 33.2 Å². The Labute approximate surface area is 126 Å². The van der Waals surface area contributed by atoms with E-state index in [1.54, 1.807) is 6.07 Å². The summed E-state index contributed by atoms with van der Waals surface area (Å²) in [4.78, 5) is -0.195. The van der Waals surface area contributed by atoms with Crippen LogP contribution in [0.1, 0.15) is 0 Å². The summed E-state index contributed by atoms with van der Waals surface area (Å²) in [5.41, 5.74) is 0. The molecule has 0 fully saturated rings. The van der Waals surface area contributed by atoms with Crippen LogP contribution in [0.2, 0.25) is 0 Å². The van der Waals surface area contributed by atoms with Crippen LogP contribution < -0.4 is 51.4 Å². The average molecular weight is 260 g/mol. The van der Waals surface area contributed by atoms with Crippen LogP contribution >= 0.6 is 0 Å². The Morgan fingerprint density at radius 1 is 1.07 bits per heavy atom. The quantitative estimate of drug-likeness (QED) is 0.448. The summed E-state index contributed by atoms with van der Waals surface area (Å²) in [6.07, 6.45) is 0. The number of hydrogen-bond acceptors (Lipinski definition) is 6. The van der Waals surface area contributed by atoms with Crippen molar-refractivity contribution in [2.75, 3.05) is 0 Å². The summed E-state index contributed by atoms with van der Waals surface area (Å²) in [7, 11) is -7.25. The van der Waals surface area contributed by atoms with Gasteiger partial charge in [-0.1, -0.05) is 18.2 Å². The summed E-state index contributed by atoms with van der Waals surface area (Å²) in [5, 5.41) is 0. The molecule has 0 heterocycles. The van der Waals surface area contributed by atoms with Crippen molar-refractivity contribution >= 4 is 21.1 Å². The molecule has 0 radical (unpaired) electrons. The van der Waals surface area contributed by atoms with Gasteiger partial charge in [-0.25, -0.2) is 0 Å². The molecule has 0 saturated carbocycles. The van der Waals surface area contributed by atoms with Crippen molar-refractivity contribution in [3.8, 4) is 0 Å². The SMILES string of the molecule is O=[S-](=O)OS(=O)(=O)c1ccccc1.[K+]. The second-order valence-electron chi connectivity index (χ2n) is 2.04. The van der Waals surface area contributed by atoms with Crippen molar-refractivity contribution in [3.63, 3.8) is 0 Å². The Hall–Kier alpha value is 0.716. The molecule has 1 aromatic carbocycles. The van der Waals surface area contributed by atoms with Gasteiger partial charge in [0.25, 0.3) is 10.1 Å². The minimum Gasteiger partial charge on any atom is -0.396 e. The third-order valence-corrected chi connectivity index (χ3v) is 3.19. The fourth-order valence-corrected chi connectivity index (χ4v) is 2.09. The first-order valence-electron chi connectivity index (χ1n) is 3.11. The van der Waals surface area contributed by atoms with Gasteiger partial charge in [0.1, 0.15) is 0 Å². The van der Waals surface area contributed by atoms with Crippen LogP contribution in [0.3, 0.4) is 0 Å². The monoisotopic (exact) mass is 260 g/mol. The van der Waals surface area contributed by atoms with Gasteiger partial charge in [0.2, 0.25) is 0 Å². The van der Waals surface area contributed by atoms with Gasteiger partial charge in [-0.15, -0.1) is 0 Å². The molecule has 0 aromatic heterocycles. The minimum absolute atomic E-state index is 0. The van der Waals surface area contributed by atoms with E-state index < -0.39 is 21.1 Å². The zero-order valence-corrected chi connectivity index (χ0v) is 12.0. The average Bonchev–Trinajstić information content (AvgIpc) is 2.04. The Morgan fingerprint density at radius 3 is 2.00 bits per heavy atom. The van der Waals surface area contributed by atoms with E-state index in [0.717, 1.165) is 0 Å². The Kier molecular flexibility index (Phi) is 6.66. The van der Waals surface area contributed by atoms with Crippen molar-refractivity contribution in [2.24, 2.45) is 0 Å². The van der Waals surface area contributed by atoms with E-state index in [0.29, 0.717) is 0 Å². The second kappa shape index (κ2) is 6.33. The third-order valence-electron chi connectivity index (χ3n) is 1.18. The van der Waals surface area contributed by atoms with Gasteiger partial charge < -0.3 is 12.0 Å². The van der Waals surface area contributed by atoms with E-state index in [9.17, 15) is 16.8 Å². The molecule has 0 unspecified atom stereocenters. The maximum absolute atomic E-state index is 11.0. The van der Waals surface area contributed by atoms with Gasteiger partial charge in [0, 0.05) is 0 Å². The van der Waals surface area contributed by atoms with Gasteiger partial charge in [-0.3, -0.25) is 0 Å². The first-order chi connectivity index (χ1) is 6.02. The van der Waals surface area contributed by atoms with E-state index >= 15 is 0 Å². The van der Waals surface area contributed by atoms with Gasteiger partial charge in [-0.2, -0.15) is 8.42 Å². The maximum Gasteiger partial charge on any atom is 1.00 e. The first-order valence-corrected chi connectivity index (χ1v) is 5.52. The molecular formula is C6H5KO5S2. The van der Waals surface area contributed by atoms with Crippen LogP contribution in [0, 0.1) is 0 Å². The van der Waals surface area contributed by atoms with Crippen LogP contribution in [0.25, 0.3) is 0 Å². The van der Waals surface area contributed by atoms with Crippen molar-refractivity contribution in [3.05, 3.63) is 30.3 Å². The summed E-state index contributed by atoms with van der Waals surface area (Å²) < 4.78 is 45.7. The summed E-state index contributed by atoms with van der Waals surface area (Å²) >= 11 is 0. The standard InChI is InChI=1S/C6H5O5S2.K/c7-12(8)11-13(9,10)6-4-2-1-3-5-6;/h1-5H;/q-1;+1. The molecule has 0 spiro atoms. The molecule has 5 nitrogen and oxygen atoms in total. The summed E-state index contributed by atoms with van der Waals surface area (Å²) in [5.74, 6) is 0. The molecule has 0 aliphatic carbocycles. The molecular weight excluding hydrogens is 255 g/mol. The normalized spacial score (nSPS) is 10.9. The predicted molar refractivity (Wildman–Crippen MR) is 43.5 cm³/mol. The van der Waals surface area contributed by atoms with E-state index in [1.807, 2.05) is 0 Å². The second-order valence-corrected chi connectivity index (χ2v) is 4.37. The molecule has 0 amide bonds. The van der Waals surface area contributed by atoms with Crippen LogP contribution in [0.4, 0.5) is 0 Å². The minimum atomic E-state index is -4.17. The van der Waals surface area contributed by atoms with Crippen LogP contribution in [-0.4, -0.2) is 8.42 Å². The molecule has 14 heavy (non-hydrogen) atoms. The number of rotatable bonds is 3. The fourth-order valence-electron chi connectivity index (χ4n) is 0.700. The van der Waals surface area contributed by atoms with E-state index in [1.165, 1.54) is 24.3 Å². The molecule has 8 heteroatoms. The van der Waals surface area contributed by atoms with Gasteiger partial charge in [0.05, 0.1) is 15.9 Å². The predicted octanol–water partition coefficient (Wildman–Crippen LogP) is -2.38. The zero-order valence-electron chi connectivity index (χ0n) is 7.24. The van der Waals surface area contributed by atoms with Crippen molar-refractivity contribution in [2.45, 2.75) is 4.90 Å². The molecule has 0 atom stereocenters. The van der Waals surface area contributed by atoms with E-state index in [2.05, 4.69) is 3.63 Å². The summed E-state index contributed by atoms with van der Waals surface area (Å²) in [6.45, 7) is 0. The largest absolute Gasteiger partial charge is 1.00 e. The molecule has 0 aliphatic rings. The van der Waals surface area contributed by atoms with Gasteiger partial charge >= 0.3 is 51.4 Å². The molecule has 72 valence electrons. The third kappa shape index (κ3) is 4.49. The molecule has 0 aliphatic heterocycles. The molecule has 0 saturated heterocycles. The van der Waals surface area contributed by atoms with Crippen LogP contribution in [0.15, 0.2) is 35.2 Å². The summed E-state index contributed by atoms with van der Waals surface area (Å²) in [6, 6.07) is 7.01. The molecule has 1 rings (SSSR count). The number of hydrogen-bond donors (Lipinski definition) is 0. The van der Waals surface area contributed by atoms with Crippen molar-refractivity contribution in [1.82, 2.24) is 0 Å². The van der Waals surface area contributed by atoms with Gasteiger partial charge in [-0.05, 0) is 12.1 Å². The van der Waals surface area contributed by atoms with Crippen LogP contribution in [0.5, 0.6) is 0 Å². The molecule has 1 aromatic rings. The maximum atomic E-state index is 11.0. The van der Waals surface area contributed by atoms with Gasteiger partial charge in [0.15, 0.2) is 0 Å².